The van der Waals surface area contributed by atoms with Gasteiger partial charge in [0.2, 0.25) is 5.91 Å². The average Bonchev–Trinajstić information content (AvgIpc) is 3.10. The summed E-state index contributed by atoms with van der Waals surface area (Å²) < 4.78 is 1.93. The first kappa shape index (κ1) is 17.2. The predicted molar refractivity (Wildman–Crippen MR) is 101 cm³/mol. The number of benzene rings is 2. The molecule has 0 aliphatic rings. The number of aromatic nitrogens is 3. The van der Waals surface area contributed by atoms with E-state index in [1.165, 1.54) is 17.3 Å². The summed E-state index contributed by atoms with van der Waals surface area (Å²) in [5.41, 5.74) is 4.23. The molecule has 0 radical (unpaired) electrons. The van der Waals surface area contributed by atoms with Crippen LogP contribution in [0.25, 0.3) is 5.69 Å². The third kappa shape index (κ3) is 4.28. The SMILES string of the molecule is CCc1ccccc1-n1cnnc1SCC(=O)Nc1ccc(C)cc1. The molecule has 0 aliphatic carbocycles. The van der Waals surface area contributed by atoms with Gasteiger partial charge in [-0.15, -0.1) is 10.2 Å². The molecular weight excluding hydrogens is 332 g/mol. The highest BCUT2D eigenvalue weighted by Gasteiger charge is 2.12. The van der Waals surface area contributed by atoms with Gasteiger partial charge in [-0.1, -0.05) is 54.6 Å². The number of aryl methyl sites for hydroxylation is 2. The molecule has 1 aromatic heterocycles. The maximum absolute atomic E-state index is 12.2. The minimum atomic E-state index is -0.0628. The monoisotopic (exact) mass is 352 g/mol. The summed E-state index contributed by atoms with van der Waals surface area (Å²) in [6, 6.07) is 15.9. The molecule has 0 atom stereocenters. The number of carbonyl (C=O) groups is 1. The van der Waals surface area contributed by atoms with E-state index < -0.39 is 0 Å². The van der Waals surface area contributed by atoms with Gasteiger partial charge in [0.25, 0.3) is 0 Å². The van der Waals surface area contributed by atoms with Crippen molar-refractivity contribution in [3.05, 3.63) is 66.0 Å². The van der Waals surface area contributed by atoms with Gasteiger partial charge >= 0.3 is 0 Å². The van der Waals surface area contributed by atoms with E-state index in [1.807, 2.05) is 54.0 Å². The fourth-order valence-electron chi connectivity index (χ4n) is 2.50. The molecule has 25 heavy (non-hydrogen) atoms. The Labute approximate surface area is 151 Å². The summed E-state index contributed by atoms with van der Waals surface area (Å²) >= 11 is 1.38. The second kappa shape index (κ2) is 7.98. The fourth-order valence-corrected chi connectivity index (χ4v) is 3.22. The van der Waals surface area contributed by atoms with Gasteiger partial charge in [-0.2, -0.15) is 0 Å². The first-order valence-electron chi connectivity index (χ1n) is 8.15. The van der Waals surface area contributed by atoms with E-state index in [4.69, 9.17) is 0 Å². The van der Waals surface area contributed by atoms with Gasteiger partial charge in [0.05, 0.1) is 11.4 Å². The lowest BCUT2D eigenvalue weighted by atomic mass is 10.1. The summed E-state index contributed by atoms with van der Waals surface area (Å²) in [4.78, 5) is 12.2. The Hall–Kier alpha value is -2.60. The Balaban J connectivity index is 1.67. The molecule has 5 nitrogen and oxygen atoms in total. The molecule has 0 fully saturated rings. The van der Waals surface area contributed by atoms with E-state index in [9.17, 15) is 4.79 Å². The third-order valence-corrected chi connectivity index (χ3v) is 4.76. The molecule has 1 amide bonds. The lowest BCUT2D eigenvalue weighted by Gasteiger charge is -2.10. The van der Waals surface area contributed by atoms with Crippen LogP contribution in [-0.2, 0) is 11.2 Å². The van der Waals surface area contributed by atoms with Crippen molar-refractivity contribution in [2.24, 2.45) is 0 Å². The average molecular weight is 352 g/mol. The molecular formula is C19H20N4OS. The normalized spacial score (nSPS) is 10.6. The van der Waals surface area contributed by atoms with E-state index in [-0.39, 0.29) is 11.7 Å². The standard InChI is InChI=1S/C19H20N4OS/c1-3-15-6-4-5-7-17(15)23-13-20-22-19(23)25-12-18(24)21-16-10-8-14(2)9-11-16/h4-11,13H,3,12H2,1-2H3,(H,21,24). The third-order valence-electron chi connectivity index (χ3n) is 3.82. The van der Waals surface area contributed by atoms with Crippen molar-refractivity contribution in [3.63, 3.8) is 0 Å². The highest BCUT2D eigenvalue weighted by molar-refractivity contribution is 7.99. The van der Waals surface area contributed by atoms with Crippen LogP contribution < -0.4 is 5.32 Å². The van der Waals surface area contributed by atoms with E-state index in [1.54, 1.807) is 6.33 Å². The number of hydrogen-bond acceptors (Lipinski definition) is 4. The second-order valence-electron chi connectivity index (χ2n) is 5.67. The van der Waals surface area contributed by atoms with E-state index in [2.05, 4.69) is 28.5 Å². The zero-order valence-corrected chi connectivity index (χ0v) is 15.1. The summed E-state index contributed by atoms with van der Waals surface area (Å²) in [5, 5.41) is 11.8. The molecule has 0 saturated carbocycles. The van der Waals surface area contributed by atoms with E-state index in [0.717, 1.165) is 23.4 Å². The number of thioether (sulfide) groups is 1. The van der Waals surface area contributed by atoms with Crippen molar-refractivity contribution in [1.82, 2.24) is 14.8 Å². The largest absolute Gasteiger partial charge is 0.325 e. The van der Waals surface area contributed by atoms with E-state index >= 15 is 0 Å². The molecule has 0 unspecified atom stereocenters. The number of amides is 1. The maximum atomic E-state index is 12.2. The van der Waals surface area contributed by atoms with Crippen molar-refractivity contribution in [2.45, 2.75) is 25.4 Å². The first-order valence-corrected chi connectivity index (χ1v) is 9.13. The van der Waals surface area contributed by atoms with Gasteiger partial charge in [0.15, 0.2) is 5.16 Å². The Kier molecular flexibility index (Phi) is 5.50. The van der Waals surface area contributed by atoms with Crippen LogP contribution >= 0.6 is 11.8 Å². The Bertz CT molecular complexity index is 858. The molecule has 0 bridgehead atoms. The van der Waals surface area contributed by atoms with Crippen LogP contribution in [0.5, 0.6) is 0 Å². The van der Waals surface area contributed by atoms with Gasteiger partial charge in [-0.05, 0) is 37.1 Å². The summed E-state index contributed by atoms with van der Waals surface area (Å²) in [6.45, 7) is 4.13. The number of rotatable bonds is 6. The minimum absolute atomic E-state index is 0.0628. The molecule has 3 rings (SSSR count). The van der Waals surface area contributed by atoms with Gasteiger partial charge in [-0.25, -0.2) is 0 Å². The number of carbonyl (C=O) groups excluding carboxylic acids is 1. The van der Waals surface area contributed by atoms with Crippen LogP contribution in [-0.4, -0.2) is 26.4 Å². The van der Waals surface area contributed by atoms with Crippen molar-refractivity contribution in [2.75, 3.05) is 11.1 Å². The van der Waals surface area contributed by atoms with Crippen molar-refractivity contribution in [1.29, 1.82) is 0 Å². The highest BCUT2D eigenvalue weighted by atomic mass is 32.2. The van der Waals surface area contributed by atoms with Crippen LogP contribution in [0.4, 0.5) is 5.69 Å². The molecule has 0 spiro atoms. The maximum Gasteiger partial charge on any atom is 0.234 e. The molecule has 1 N–H and O–H groups in total. The Morgan fingerprint density at radius 1 is 1.16 bits per heavy atom. The summed E-state index contributed by atoms with van der Waals surface area (Å²) in [5.74, 6) is 0.216. The molecule has 0 saturated heterocycles. The smallest absolute Gasteiger partial charge is 0.234 e. The Morgan fingerprint density at radius 2 is 1.92 bits per heavy atom. The lowest BCUT2D eigenvalue weighted by Crippen LogP contribution is -2.14. The molecule has 128 valence electrons. The highest BCUT2D eigenvalue weighted by Crippen LogP contribution is 2.22. The van der Waals surface area contributed by atoms with E-state index in [0.29, 0.717) is 5.16 Å². The molecule has 0 aliphatic heterocycles. The Morgan fingerprint density at radius 3 is 2.68 bits per heavy atom. The van der Waals surface area contributed by atoms with Crippen LogP contribution in [0.3, 0.4) is 0 Å². The minimum Gasteiger partial charge on any atom is -0.325 e. The lowest BCUT2D eigenvalue weighted by molar-refractivity contribution is -0.113. The zero-order valence-electron chi connectivity index (χ0n) is 14.3. The number of nitrogens with zero attached hydrogens (tertiary/aromatic N) is 3. The summed E-state index contributed by atoms with van der Waals surface area (Å²) in [6.07, 6.45) is 2.61. The number of anilines is 1. The van der Waals surface area contributed by atoms with Crippen molar-refractivity contribution >= 4 is 23.4 Å². The molecule has 2 aromatic carbocycles. The summed E-state index contributed by atoms with van der Waals surface area (Å²) in [7, 11) is 0. The molecule has 3 aromatic rings. The number of para-hydroxylation sites is 1. The van der Waals surface area contributed by atoms with Crippen LogP contribution in [0, 0.1) is 6.92 Å². The fraction of sp³-hybridized carbons (Fsp3) is 0.211. The van der Waals surface area contributed by atoms with Gasteiger partial charge in [0.1, 0.15) is 6.33 Å². The topological polar surface area (TPSA) is 59.8 Å². The molecule has 6 heteroatoms. The van der Waals surface area contributed by atoms with Crippen molar-refractivity contribution in [3.8, 4) is 5.69 Å². The molecule has 1 heterocycles. The van der Waals surface area contributed by atoms with Crippen molar-refractivity contribution < 1.29 is 4.79 Å². The second-order valence-corrected chi connectivity index (χ2v) is 6.61. The zero-order chi connectivity index (χ0) is 17.6. The van der Waals surface area contributed by atoms with Crippen LogP contribution in [0.15, 0.2) is 60.0 Å². The number of hydrogen-bond donors (Lipinski definition) is 1. The predicted octanol–water partition coefficient (Wildman–Crippen LogP) is 3.87. The first-order chi connectivity index (χ1) is 12.2. The quantitative estimate of drug-likeness (QED) is 0.684. The van der Waals surface area contributed by atoms with Gasteiger partial charge in [0, 0.05) is 5.69 Å². The number of nitrogens with one attached hydrogen (secondary N) is 1. The van der Waals surface area contributed by atoms with Crippen LogP contribution in [0.1, 0.15) is 18.1 Å². The van der Waals surface area contributed by atoms with Gasteiger partial charge in [-0.3, -0.25) is 9.36 Å². The van der Waals surface area contributed by atoms with Crippen LogP contribution in [0.2, 0.25) is 0 Å². The van der Waals surface area contributed by atoms with Gasteiger partial charge < -0.3 is 5.32 Å².